The summed E-state index contributed by atoms with van der Waals surface area (Å²) < 4.78 is 19.0. The fraction of sp³-hybridized carbons (Fsp3) is 0.889. The summed E-state index contributed by atoms with van der Waals surface area (Å²) in [6.45, 7) is 15.4. The van der Waals surface area contributed by atoms with Gasteiger partial charge in [-0.2, -0.15) is 0 Å². The summed E-state index contributed by atoms with van der Waals surface area (Å²) >= 11 is 0. The van der Waals surface area contributed by atoms with Gasteiger partial charge in [0.1, 0.15) is 0 Å². The van der Waals surface area contributed by atoms with Gasteiger partial charge in [0.25, 0.3) is 0 Å². The third-order valence-electron chi connectivity index (χ3n) is 6.31. The second-order valence-corrected chi connectivity index (χ2v) is 12.9. The van der Waals surface area contributed by atoms with Gasteiger partial charge in [0.05, 0.1) is 17.3 Å². The van der Waals surface area contributed by atoms with Crippen molar-refractivity contribution in [2.24, 2.45) is 0 Å². The molecule has 5 heteroatoms. The van der Waals surface area contributed by atoms with Crippen molar-refractivity contribution in [1.82, 2.24) is 0 Å². The highest BCUT2D eigenvalue weighted by Gasteiger charge is 2.53. The molecule has 2 aliphatic rings. The highest BCUT2D eigenvalue weighted by atomic mass is 28.4. The number of rotatable bonds is 6. The van der Waals surface area contributed by atoms with Gasteiger partial charge >= 0.3 is 7.12 Å². The first-order chi connectivity index (χ1) is 10.7. The fourth-order valence-electron chi connectivity index (χ4n) is 3.53. The van der Waals surface area contributed by atoms with E-state index in [1.807, 2.05) is 0 Å². The molecule has 1 heterocycles. The van der Waals surface area contributed by atoms with Gasteiger partial charge in [0.2, 0.25) is 0 Å². The Balaban J connectivity index is 1.97. The smallest absolute Gasteiger partial charge is 0.411 e. The molecule has 0 saturated carbocycles. The van der Waals surface area contributed by atoms with E-state index in [-0.39, 0.29) is 18.3 Å². The molecule has 0 aromatic carbocycles. The molecule has 1 aliphatic heterocycles. The van der Waals surface area contributed by atoms with E-state index in [4.69, 9.17) is 13.7 Å². The molecule has 0 N–H and O–H groups in total. The second kappa shape index (κ2) is 7.03. The molecule has 0 amide bonds. The molecule has 1 aliphatic carbocycles. The van der Waals surface area contributed by atoms with Crippen LogP contribution in [0.5, 0.6) is 0 Å². The zero-order chi connectivity index (χ0) is 17.3. The molecule has 2 rings (SSSR count). The van der Waals surface area contributed by atoms with Crippen molar-refractivity contribution in [3.05, 3.63) is 12.2 Å². The minimum Gasteiger partial charge on any atom is -0.411 e. The molecule has 1 fully saturated rings. The van der Waals surface area contributed by atoms with E-state index in [0.29, 0.717) is 11.9 Å². The minimum absolute atomic E-state index is 0.122. The van der Waals surface area contributed by atoms with Gasteiger partial charge in [-0.1, -0.05) is 32.9 Å². The Bertz CT molecular complexity index is 408. The summed E-state index contributed by atoms with van der Waals surface area (Å²) in [6, 6.07) is 3.64. The average Bonchev–Trinajstić information content (AvgIpc) is 2.74. The van der Waals surface area contributed by atoms with Crippen molar-refractivity contribution in [1.29, 1.82) is 0 Å². The lowest BCUT2D eigenvalue weighted by Crippen LogP contribution is -2.41. The largest absolute Gasteiger partial charge is 0.465 e. The molecular formula is C18H35BO3Si. The maximum Gasteiger partial charge on any atom is 0.465 e. The van der Waals surface area contributed by atoms with Gasteiger partial charge in [-0.15, -0.1) is 0 Å². The number of allylic oxidation sites excluding steroid dienone is 1. The Hall–Kier alpha value is -0.0982. The molecule has 3 nitrogen and oxygen atoms in total. The molecule has 0 bridgehead atoms. The summed E-state index contributed by atoms with van der Waals surface area (Å²) in [7, 11) is -1.64. The third-order valence-corrected chi connectivity index (χ3v) is 11.0. The van der Waals surface area contributed by atoms with Gasteiger partial charge in [0, 0.05) is 5.82 Å². The van der Waals surface area contributed by atoms with Crippen LogP contribution in [0.15, 0.2) is 12.2 Å². The maximum absolute atomic E-state index is 6.59. The second-order valence-electron chi connectivity index (χ2n) is 8.15. The van der Waals surface area contributed by atoms with E-state index in [0.717, 1.165) is 12.8 Å². The van der Waals surface area contributed by atoms with Crippen molar-refractivity contribution < 1.29 is 13.7 Å². The predicted octanol–water partition coefficient (Wildman–Crippen LogP) is 5.19. The van der Waals surface area contributed by atoms with Crippen LogP contribution in [-0.2, 0) is 13.7 Å². The molecule has 0 aromatic heterocycles. The summed E-state index contributed by atoms with van der Waals surface area (Å²) in [5.41, 5.74) is -0.485. The normalized spacial score (nSPS) is 30.0. The van der Waals surface area contributed by atoms with Crippen LogP contribution in [0.25, 0.3) is 0 Å². The quantitative estimate of drug-likeness (QED) is 0.493. The monoisotopic (exact) mass is 338 g/mol. The average molecular weight is 338 g/mol. The van der Waals surface area contributed by atoms with E-state index in [1.165, 1.54) is 18.1 Å². The van der Waals surface area contributed by atoms with E-state index in [9.17, 15) is 0 Å². The minimum atomic E-state index is -1.52. The molecule has 132 valence electrons. The van der Waals surface area contributed by atoms with Crippen LogP contribution in [0.2, 0.25) is 23.9 Å². The van der Waals surface area contributed by atoms with Crippen LogP contribution in [0.4, 0.5) is 0 Å². The highest BCUT2D eigenvalue weighted by molar-refractivity contribution is 6.73. The van der Waals surface area contributed by atoms with Crippen LogP contribution in [-0.4, -0.2) is 32.7 Å². The molecule has 2 atom stereocenters. The van der Waals surface area contributed by atoms with Gasteiger partial charge in [-0.25, -0.2) is 0 Å². The lowest BCUT2D eigenvalue weighted by atomic mass is 9.67. The first-order valence-corrected chi connectivity index (χ1v) is 11.9. The van der Waals surface area contributed by atoms with Crippen molar-refractivity contribution in [3.8, 4) is 0 Å². The van der Waals surface area contributed by atoms with E-state index >= 15 is 0 Å². The van der Waals surface area contributed by atoms with Crippen molar-refractivity contribution in [2.75, 3.05) is 0 Å². The Labute approximate surface area is 144 Å². The summed E-state index contributed by atoms with van der Waals surface area (Å²) in [6.07, 6.45) is 7.00. The molecule has 0 aromatic rings. The van der Waals surface area contributed by atoms with E-state index in [1.54, 1.807) is 0 Å². The third kappa shape index (κ3) is 3.94. The Kier molecular flexibility index (Phi) is 5.87. The van der Waals surface area contributed by atoms with Gasteiger partial charge in [-0.3, -0.25) is 0 Å². The van der Waals surface area contributed by atoms with E-state index in [2.05, 4.69) is 60.6 Å². The molecule has 23 heavy (non-hydrogen) atoms. The maximum atomic E-state index is 6.59. The standard InChI is InChI=1S/C18H35BO3Si/c1-8-23(9-2,10-3)20-16-13-11-15(12-14-16)19-21-17(4,5)18(6,7)22-19/h11,13,15-16H,8-10,12,14H2,1-7H3/t15-,16-/m1/s1. The predicted molar refractivity (Wildman–Crippen MR) is 100 cm³/mol. The fourth-order valence-corrected chi connectivity index (χ4v) is 6.36. The molecule has 1 saturated heterocycles. The van der Waals surface area contributed by atoms with Gasteiger partial charge in [0.15, 0.2) is 8.32 Å². The molecule has 0 spiro atoms. The van der Waals surface area contributed by atoms with Crippen molar-refractivity contribution in [2.45, 2.75) is 103 Å². The van der Waals surface area contributed by atoms with Gasteiger partial charge < -0.3 is 13.7 Å². The Morgan fingerprint density at radius 2 is 1.48 bits per heavy atom. The van der Waals surface area contributed by atoms with Crippen LogP contribution < -0.4 is 0 Å². The van der Waals surface area contributed by atoms with Gasteiger partial charge in [-0.05, 0) is 58.7 Å². The summed E-state index contributed by atoms with van der Waals surface area (Å²) in [5, 5.41) is 0. The lowest BCUT2D eigenvalue weighted by Gasteiger charge is -2.34. The van der Waals surface area contributed by atoms with Crippen LogP contribution >= 0.6 is 0 Å². The Morgan fingerprint density at radius 1 is 0.957 bits per heavy atom. The summed E-state index contributed by atoms with van der Waals surface area (Å²) in [5.74, 6) is 0.344. The molecule has 0 unspecified atom stereocenters. The SMILES string of the molecule is CC[Si](CC)(CC)O[C@@H]1C=C[C@@H](B2OC(C)(C)C(C)(C)O2)CC1. The van der Waals surface area contributed by atoms with Crippen LogP contribution in [0, 0.1) is 0 Å². The first kappa shape index (κ1) is 19.2. The first-order valence-electron chi connectivity index (χ1n) is 9.40. The Morgan fingerprint density at radius 3 is 1.87 bits per heavy atom. The zero-order valence-corrected chi connectivity index (χ0v) is 17.1. The molecule has 0 radical (unpaired) electrons. The van der Waals surface area contributed by atoms with Crippen LogP contribution in [0.1, 0.15) is 61.3 Å². The topological polar surface area (TPSA) is 27.7 Å². The zero-order valence-electron chi connectivity index (χ0n) is 16.1. The van der Waals surface area contributed by atoms with Crippen LogP contribution in [0.3, 0.4) is 0 Å². The van der Waals surface area contributed by atoms with E-state index < -0.39 is 8.32 Å². The lowest BCUT2D eigenvalue weighted by molar-refractivity contribution is 0.00578. The number of hydrogen-bond acceptors (Lipinski definition) is 3. The number of hydrogen-bond donors (Lipinski definition) is 0. The molecular weight excluding hydrogens is 303 g/mol. The van der Waals surface area contributed by atoms with Crippen molar-refractivity contribution in [3.63, 3.8) is 0 Å². The summed E-state index contributed by atoms with van der Waals surface area (Å²) in [4.78, 5) is 0. The van der Waals surface area contributed by atoms with Crippen molar-refractivity contribution >= 4 is 15.4 Å². The highest BCUT2D eigenvalue weighted by Crippen LogP contribution is 2.42.